The van der Waals surface area contributed by atoms with Crippen LogP contribution < -0.4 is 0 Å². The molecular formula is C22H32N4O. The van der Waals surface area contributed by atoms with Crippen LogP contribution in [0.4, 0.5) is 0 Å². The van der Waals surface area contributed by atoms with E-state index in [2.05, 4.69) is 60.3 Å². The summed E-state index contributed by atoms with van der Waals surface area (Å²) in [6, 6.07) is 10.6. The van der Waals surface area contributed by atoms with E-state index in [9.17, 15) is 4.79 Å². The molecule has 3 rings (SSSR count). The molecule has 5 nitrogen and oxygen atoms in total. The van der Waals surface area contributed by atoms with E-state index in [4.69, 9.17) is 0 Å². The molecular weight excluding hydrogens is 336 g/mol. The van der Waals surface area contributed by atoms with Crippen LogP contribution in [-0.4, -0.2) is 52.6 Å². The van der Waals surface area contributed by atoms with Crippen molar-refractivity contribution in [2.45, 2.75) is 46.1 Å². The molecule has 0 aliphatic carbocycles. The quantitative estimate of drug-likeness (QED) is 0.815. The first-order valence-electron chi connectivity index (χ1n) is 10.1. The summed E-state index contributed by atoms with van der Waals surface area (Å²) < 4.78 is 0. The Hall–Kier alpha value is -2.14. The molecule has 27 heavy (non-hydrogen) atoms. The monoisotopic (exact) mass is 368 g/mol. The maximum absolute atomic E-state index is 13.0. The van der Waals surface area contributed by atoms with Crippen molar-refractivity contribution in [3.8, 4) is 0 Å². The van der Waals surface area contributed by atoms with Crippen LogP contribution in [0.1, 0.15) is 55.6 Å². The SMILES string of the molecule is CC[C@@H](c1ccccc1)c1n[nH]c2c1CN(C(=O)[C@@H](C)CN(C)CC)CC2. The van der Waals surface area contributed by atoms with Crippen molar-refractivity contribution in [2.75, 3.05) is 26.7 Å². The Morgan fingerprint density at radius 3 is 2.70 bits per heavy atom. The topological polar surface area (TPSA) is 52.2 Å². The molecule has 5 heteroatoms. The van der Waals surface area contributed by atoms with Gasteiger partial charge in [0.2, 0.25) is 5.91 Å². The van der Waals surface area contributed by atoms with Gasteiger partial charge in [0, 0.05) is 49.1 Å². The zero-order valence-corrected chi connectivity index (χ0v) is 17.0. The largest absolute Gasteiger partial charge is 0.338 e. The van der Waals surface area contributed by atoms with E-state index in [0.717, 1.165) is 38.2 Å². The summed E-state index contributed by atoms with van der Waals surface area (Å²) in [5.41, 5.74) is 4.81. The molecule has 1 aromatic carbocycles. The van der Waals surface area contributed by atoms with Crippen molar-refractivity contribution in [2.24, 2.45) is 5.92 Å². The highest BCUT2D eigenvalue weighted by atomic mass is 16.2. The number of carbonyl (C=O) groups is 1. The molecule has 0 spiro atoms. The molecule has 1 amide bonds. The third-order valence-electron chi connectivity index (χ3n) is 5.76. The molecule has 0 unspecified atom stereocenters. The van der Waals surface area contributed by atoms with E-state index in [1.165, 1.54) is 16.8 Å². The van der Waals surface area contributed by atoms with E-state index in [1.807, 2.05) is 17.9 Å². The van der Waals surface area contributed by atoms with Crippen molar-refractivity contribution in [1.29, 1.82) is 0 Å². The van der Waals surface area contributed by atoms with Crippen LogP contribution in [0, 0.1) is 5.92 Å². The lowest BCUT2D eigenvalue weighted by Crippen LogP contribution is -2.42. The first kappa shape index (κ1) is 19.6. The number of hydrogen-bond acceptors (Lipinski definition) is 3. The predicted octanol–water partition coefficient (Wildman–Crippen LogP) is 3.42. The van der Waals surface area contributed by atoms with E-state index >= 15 is 0 Å². The number of hydrogen-bond donors (Lipinski definition) is 1. The molecule has 1 N–H and O–H groups in total. The average molecular weight is 369 g/mol. The van der Waals surface area contributed by atoms with Crippen LogP contribution >= 0.6 is 0 Å². The fraction of sp³-hybridized carbons (Fsp3) is 0.545. The van der Waals surface area contributed by atoms with Crippen LogP contribution in [0.15, 0.2) is 30.3 Å². The standard InChI is InChI=1S/C22H32N4O/c1-5-18(17-10-8-7-9-11-17)21-19-15-26(13-12-20(19)23-24-21)22(27)16(3)14-25(4)6-2/h7-11,16,18H,5-6,12-15H2,1-4H3,(H,23,24)/t16-,18-/m0/s1. The van der Waals surface area contributed by atoms with Crippen molar-refractivity contribution < 1.29 is 4.79 Å². The van der Waals surface area contributed by atoms with Gasteiger partial charge in [-0.1, -0.05) is 51.1 Å². The Balaban J connectivity index is 1.79. The molecule has 2 heterocycles. The molecule has 0 radical (unpaired) electrons. The van der Waals surface area contributed by atoms with Gasteiger partial charge in [-0.25, -0.2) is 0 Å². The number of rotatable bonds is 7. The van der Waals surface area contributed by atoms with Crippen molar-refractivity contribution >= 4 is 5.91 Å². The van der Waals surface area contributed by atoms with Gasteiger partial charge in [-0.2, -0.15) is 5.10 Å². The second-order valence-electron chi connectivity index (χ2n) is 7.70. The van der Waals surface area contributed by atoms with Gasteiger partial charge in [-0.05, 0) is 25.6 Å². The summed E-state index contributed by atoms with van der Waals surface area (Å²) in [5, 5.41) is 7.92. The Bertz CT molecular complexity index is 755. The van der Waals surface area contributed by atoms with Gasteiger partial charge < -0.3 is 9.80 Å². The maximum Gasteiger partial charge on any atom is 0.227 e. The molecule has 1 aromatic heterocycles. The smallest absolute Gasteiger partial charge is 0.227 e. The number of fused-ring (bicyclic) bond motifs is 1. The third kappa shape index (κ3) is 4.24. The fourth-order valence-corrected chi connectivity index (χ4v) is 4.05. The minimum atomic E-state index is 0.0166. The zero-order valence-electron chi connectivity index (χ0n) is 17.0. The molecule has 2 atom stereocenters. The normalized spacial score (nSPS) is 16.3. The van der Waals surface area contributed by atoms with Gasteiger partial charge in [0.25, 0.3) is 0 Å². The van der Waals surface area contributed by atoms with Gasteiger partial charge in [0.05, 0.1) is 5.69 Å². The van der Waals surface area contributed by atoms with Crippen LogP contribution in [0.2, 0.25) is 0 Å². The van der Waals surface area contributed by atoms with Gasteiger partial charge in [-0.15, -0.1) is 0 Å². The fourth-order valence-electron chi connectivity index (χ4n) is 4.05. The van der Waals surface area contributed by atoms with E-state index in [1.54, 1.807) is 0 Å². The minimum Gasteiger partial charge on any atom is -0.338 e. The summed E-state index contributed by atoms with van der Waals surface area (Å²) in [6.45, 7) is 9.57. The van der Waals surface area contributed by atoms with Crippen molar-refractivity contribution in [3.63, 3.8) is 0 Å². The molecule has 2 aromatic rings. The molecule has 0 fully saturated rings. The lowest BCUT2D eigenvalue weighted by Gasteiger charge is -2.31. The van der Waals surface area contributed by atoms with Gasteiger partial charge in [-0.3, -0.25) is 9.89 Å². The van der Waals surface area contributed by atoms with E-state index < -0.39 is 0 Å². The van der Waals surface area contributed by atoms with Crippen LogP contribution in [0.5, 0.6) is 0 Å². The molecule has 0 saturated carbocycles. The van der Waals surface area contributed by atoms with Gasteiger partial charge in [0.15, 0.2) is 0 Å². The number of aromatic nitrogens is 2. The first-order valence-corrected chi connectivity index (χ1v) is 10.1. The predicted molar refractivity (Wildman–Crippen MR) is 109 cm³/mol. The van der Waals surface area contributed by atoms with Crippen molar-refractivity contribution in [1.82, 2.24) is 20.0 Å². The second-order valence-corrected chi connectivity index (χ2v) is 7.70. The number of aromatic amines is 1. The highest BCUT2D eigenvalue weighted by Gasteiger charge is 2.30. The summed E-state index contributed by atoms with van der Waals surface area (Å²) in [6.07, 6.45) is 1.85. The summed E-state index contributed by atoms with van der Waals surface area (Å²) in [5.74, 6) is 0.536. The third-order valence-corrected chi connectivity index (χ3v) is 5.76. The molecule has 1 aliphatic rings. The highest BCUT2D eigenvalue weighted by molar-refractivity contribution is 5.79. The maximum atomic E-state index is 13.0. The number of benzene rings is 1. The number of H-pyrrole nitrogens is 1. The van der Waals surface area contributed by atoms with Gasteiger partial charge in [0.1, 0.15) is 0 Å². The number of carbonyl (C=O) groups excluding carboxylic acids is 1. The van der Waals surface area contributed by atoms with Crippen molar-refractivity contribution in [3.05, 3.63) is 52.8 Å². The molecule has 0 bridgehead atoms. The van der Waals surface area contributed by atoms with Crippen LogP contribution in [0.3, 0.4) is 0 Å². The number of nitrogens with one attached hydrogen (secondary N) is 1. The molecule has 146 valence electrons. The molecule has 1 aliphatic heterocycles. The molecule has 0 saturated heterocycles. The summed E-state index contributed by atoms with van der Waals surface area (Å²) in [4.78, 5) is 17.2. The van der Waals surface area contributed by atoms with Gasteiger partial charge >= 0.3 is 0 Å². The summed E-state index contributed by atoms with van der Waals surface area (Å²) >= 11 is 0. The second kappa shape index (κ2) is 8.70. The van der Waals surface area contributed by atoms with E-state index in [-0.39, 0.29) is 17.7 Å². The lowest BCUT2D eigenvalue weighted by molar-refractivity contribution is -0.136. The first-order chi connectivity index (χ1) is 13.0. The average Bonchev–Trinajstić information content (AvgIpc) is 3.11. The Labute approximate surface area is 162 Å². The zero-order chi connectivity index (χ0) is 19.4. The van der Waals surface area contributed by atoms with E-state index in [0.29, 0.717) is 6.54 Å². The Morgan fingerprint density at radius 2 is 2.04 bits per heavy atom. The lowest BCUT2D eigenvalue weighted by atomic mass is 9.89. The van der Waals surface area contributed by atoms with Crippen LogP contribution in [0.25, 0.3) is 0 Å². The number of nitrogens with zero attached hydrogens (tertiary/aromatic N) is 3. The van der Waals surface area contributed by atoms with Crippen LogP contribution in [-0.2, 0) is 17.8 Å². The minimum absolute atomic E-state index is 0.0166. The Kier molecular flexibility index (Phi) is 6.32. The highest BCUT2D eigenvalue weighted by Crippen LogP contribution is 2.32. The number of amides is 1. The summed E-state index contributed by atoms with van der Waals surface area (Å²) in [7, 11) is 2.07. The Morgan fingerprint density at radius 1 is 1.30 bits per heavy atom.